The van der Waals surface area contributed by atoms with Gasteiger partial charge >= 0.3 is 5.97 Å². The Morgan fingerprint density at radius 2 is 2.09 bits per heavy atom. The number of aromatic nitrogens is 5. The monoisotopic (exact) mass is 470 g/mol. The number of tetrazole rings is 1. The molecule has 1 amide bonds. The molecule has 0 aliphatic heterocycles. The van der Waals surface area contributed by atoms with E-state index in [1.807, 2.05) is 25.1 Å². The molecule has 0 atom stereocenters. The zero-order valence-electron chi connectivity index (χ0n) is 17.1. The molecule has 32 heavy (non-hydrogen) atoms. The molecule has 0 radical (unpaired) electrons. The minimum absolute atomic E-state index is 0.0805. The van der Waals surface area contributed by atoms with Gasteiger partial charge in [-0.15, -0.1) is 5.10 Å². The van der Waals surface area contributed by atoms with E-state index < -0.39 is 5.97 Å². The first kappa shape index (κ1) is 21.7. The van der Waals surface area contributed by atoms with E-state index in [2.05, 4.69) is 25.8 Å². The van der Waals surface area contributed by atoms with Crippen LogP contribution >= 0.6 is 23.1 Å². The number of methoxy groups -OCH3 is 1. The average Bonchev–Trinajstić information content (AvgIpc) is 3.43. The number of anilines is 1. The lowest BCUT2D eigenvalue weighted by Crippen LogP contribution is -2.14. The summed E-state index contributed by atoms with van der Waals surface area (Å²) in [5.74, 6) is 0.145. The van der Waals surface area contributed by atoms with Crippen molar-refractivity contribution in [2.45, 2.75) is 12.1 Å². The molecule has 0 fully saturated rings. The molecule has 0 saturated carbocycles. The molecule has 4 rings (SSSR count). The summed E-state index contributed by atoms with van der Waals surface area (Å²) in [4.78, 5) is 28.7. The van der Waals surface area contributed by atoms with Gasteiger partial charge < -0.3 is 14.8 Å². The van der Waals surface area contributed by atoms with E-state index in [0.29, 0.717) is 28.1 Å². The molecule has 164 valence electrons. The first-order valence-corrected chi connectivity index (χ1v) is 11.3. The van der Waals surface area contributed by atoms with E-state index in [1.54, 1.807) is 24.3 Å². The van der Waals surface area contributed by atoms with Crippen LogP contribution in [-0.4, -0.2) is 56.5 Å². The van der Waals surface area contributed by atoms with Crippen molar-refractivity contribution in [1.29, 1.82) is 0 Å². The number of fused-ring (bicyclic) bond motifs is 1. The second kappa shape index (κ2) is 9.75. The maximum absolute atomic E-state index is 12.5. The van der Waals surface area contributed by atoms with Gasteiger partial charge in [-0.05, 0) is 53.7 Å². The molecular formula is C20H18N6O4S2. The minimum atomic E-state index is -0.460. The molecule has 2 aromatic heterocycles. The maximum atomic E-state index is 12.5. The van der Waals surface area contributed by atoms with Crippen LogP contribution in [0.15, 0.2) is 47.6 Å². The van der Waals surface area contributed by atoms with Crippen molar-refractivity contribution >= 4 is 50.3 Å². The lowest BCUT2D eigenvalue weighted by Gasteiger charge is -2.06. The molecule has 0 aliphatic carbocycles. The van der Waals surface area contributed by atoms with Gasteiger partial charge in [0, 0.05) is 0 Å². The summed E-state index contributed by atoms with van der Waals surface area (Å²) in [5.41, 5.74) is 1.74. The highest BCUT2D eigenvalue weighted by Gasteiger charge is 2.15. The first-order chi connectivity index (χ1) is 15.6. The maximum Gasteiger partial charge on any atom is 0.337 e. The Labute approximate surface area is 190 Å². The van der Waals surface area contributed by atoms with Crippen molar-refractivity contribution in [3.05, 3.63) is 48.0 Å². The van der Waals surface area contributed by atoms with Gasteiger partial charge in [0.25, 0.3) is 0 Å². The molecule has 0 aliphatic rings. The molecule has 10 nitrogen and oxygen atoms in total. The van der Waals surface area contributed by atoms with E-state index >= 15 is 0 Å². The zero-order chi connectivity index (χ0) is 22.5. The molecule has 0 bridgehead atoms. The quantitative estimate of drug-likeness (QED) is 0.306. The Morgan fingerprint density at radius 3 is 2.91 bits per heavy atom. The van der Waals surface area contributed by atoms with Gasteiger partial charge in [-0.1, -0.05) is 29.2 Å². The van der Waals surface area contributed by atoms with Gasteiger partial charge in [0.05, 0.1) is 40.9 Å². The van der Waals surface area contributed by atoms with E-state index in [0.717, 1.165) is 16.0 Å². The van der Waals surface area contributed by atoms with Gasteiger partial charge in [-0.3, -0.25) is 4.79 Å². The van der Waals surface area contributed by atoms with Crippen molar-refractivity contribution < 1.29 is 19.1 Å². The number of nitrogens with zero attached hydrogens (tertiary/aromatic N) is 5. The first-order valence-electron chi connectivity index (χ1n) is 9.50. The number of ether oxygens (including phenoxy) is 2. The second-order valence-electron chi connectivity index (χ2n) is 6.33. The third-order valence-electron chi connectivity index (χ3n) is 4.20. The Balaban J connectivity index is 1.42. The van der Waals surface area contributed by atoms with Crippen LogP contribution in [-0.2, 0) is 9.53 Å². The summed E-state index contributed by atoms with van der Waals surface area (Å²) < 4.78 is 12.6. The number of hydrogen-bond acceptors (Lipinski definition) is 10. The van der Waals surface area contributed by atoms with E-state index in [4.69, 9.17) is 9.47 Å². The number of carbonyl (C=O) groups is 2. The highest BCUT2D eigenvalue weighted by molar-refractivity contribution is 7.99. The smallest absolute Gasteiger partial charge is 0.337 e. The molecule has 2 aromatic carbocycles. The number of thiazole rings is 1. The van der Waals surface area contributed by atoms with Crippen LogP contribution in [0.1, 0.15) is 17.3 Å². The third-order valence-corrected chi connectivity index (χ3v) is 6.06. The van der Waals surface area contributed by atoms with Crippen molar-refractivity contribution in [1.82, 2.24) is 25.2 Å². The summed E-state index contributed by atoms with van der Waals surface area (Å²) in [6.45, 7) is 2.50. The molecule has 0 saturated heterocycles. The van der Waals surface area contributed by atoms with E-state index in [1.165, 1.54) is 34.9 Å². The standard InChI is InChI=1S/C20H18N6O4S2/c1-3-30-14-7-8-15-16(10-14)32-19(21-15)22-17(27)11-31-20-23-24-25-26(20)13-6-4-5-12(9-13)18(28)29-2/h4-10H,3,11H2,1-2H3,(H,21,22,27). The highest BCUT2D eigenvalue weighted by atomic mass is 32.2. The van der Waals surface area contributed by atoms with Crippen molar-refractivity contribution in [2.75, 3.05) is 24.8 Å². The summed E-state index contributed by atoms with van der Waals surface area (Å²) in [6.07, 6.45) is 0. The molecule has 2 heterocycles. The van der Waals surface area contributed by atoms with Crippen LogP contribution in [0.3, 0.4) is 0 Å². The van der Waals surface area contributed by atoms with Crippen LogP contribution in [0, 0.1) is 0 Å². The zero-order valence-corrected chi connectivity index (χ0v) is 18.8. The Kier molecular flexibility index (Phi) is 6.61. The number of amides is 1. The fraction of sp³-hybridized carbons (Fsp3) is 0.200. The van der Waals surface area contributed by atoms with Crippen molar-refractivity contribution in [3.8, 4) is 11.4 Å². The number of nitrogens with one attached hydrogen (secondary N) is 1. The number of carbonyl (C=O) groups excluding carboxylic acids is 2. The number of thioether (sulfide) groups is 1. The fourth-order valence-corrected chi connectivity index (χ4v) is 4.42. The summed E-state index contributed by atoms with van der Waals surface area (Å²) in [6, 6.07) is 12.3. The van der Waals surface area contributed by atoms with Gasteiger partial charge in [-0.2, -0.15) is 4.68 Å². The number of benzene rings is 2. The summed E-state index contributed by atoms with van der Waals surface area (Å²) >= 11 is 2.54. The fourth-order valence-electron chi connectivity index (χ4n) is 2.81. The molecule has 1 N–H and O–H groups in total. The van der Waals surface area contributed by atoms with E-state index in [-0.39, 0.29) is 11.7 Å². The molecule has 4 aromatic rings. The molecule has 0 spiro atoms. The summed E-state index contributed by atoms with van der Waals surface area (Å²) in [5, 5.41) is 15.3. The Morgan fingerprint density at radius 1 is 1.22 bits per heavy atom. The molecule has 0 unspecified atom stereocenters. The average molecular weight is 471 g/mol. The highest BCUT2D eigenvalue weighted by Crippen LogP contribution is 2.29. The van der Waals surface area contributed by atoms with Gasteiger partial charge in [0.1, 0.15) is 5.75 Å². The predicted molar refractivity (Wildman–Crippen MR) is 121 cm³/mol. The normalized spacial score (nSPS) is 10.8. The lowest BCUT2D eigenvalue weighted by atomic mass is 10.2. The van der Waals surface area contributed by atoms with Gasteiger partial charge in [-0.25, -0.2) is 9.78 Å². The van der Waals surface area contributed by atoms with Gasteiger partial charge in [0.15, 0.2) is 5.13 Å². The summed E-state index contributed by atoms with van der Waals surface area (Å²) in [7, 11) is 1.31. The van der Waals surface area contributed by atoms with Crippen LogP contribution in [0.25, 0.3) is 15.9 Å². The van der Waals surface area contributed by atoms with Crippen molar-refractivity contribution in [3.63, 3.8) is 0 Å². The van der Waals surface area contributed by atoms with Crippen LogP contribution in [0.4, 0.5) is 5.13 Å². The van der Waals surface area contributed by atoms with Gasteiger partial charge in [0.2, 0.25) is 11.1 Å². The number of rotatable bonds is 8. The third kappa shape index (κ3) is 4.86. The van der Waals surface area contributed by atoms with Crippen molar-refractivity contribution in [2.24, 2.45) is 0 Å². The molecular weight excluding hydrogens is 452 g/mol. The number of esters is 1. The Hall–Kier alpha value is -3.51. The largest absolute Gasteiger partial charge is 0.494 e. The van der Waals surface area contributed by atoms with Crippen LogP contribution < -0.4 is 10.1 Å². The SMILES string of the molecule is CCOc1ccc2nc(NC(=O)CSc3nnnn3-c3cccc(C(=O)OC)c3)sc2c1. The second-order valence-corrected chi connectivity index (χ2v) is 8.31. The van der Waals surface area contributed by atoms with Crippen LogP contribution in [0.5, 0.6) is 5.75 Å². The minimum Gasteiger partial charge on any atom is -0.494 e. The predicted octanol–water partition coefficient (Wildman–Crippen LogP) is 3.19. The Bertz CT molecular complexity index is 1270. The lowest BCUT2D eigenvalue weighted by molar-refractivity contribution is -0.113. The van der Waals surface area contributed by atoms with E-state index in [9.17, 15) is 9.59 Å². The number of hydrogen-bond donors (Lipinski definition) is 1. The molecule has 12 heteroatoms. The van der Waals surface area contributed by atoms with Crippen LogP contribution in [0.2, 0.25) is 0 Å². The topological polar surface area (TPSA) is 121 Å².